The number of nitrogens with two attached hydrogens (primary N) is 4. The SMILES string of the molecule is C[C@H](NC(=O)[C@H](CCC(N)=O)NC(=O)[C@@H](N)CCCCN)C(=O)N[C@H](C(=O)N[C@@H](CCCCN)C(=O)O)[C@@H](C)O. The lowest BCUT2D eigenvalue weighted by molar-refractivity contribution is -0.143. The molecular formula is C24H46N8O8. The molecule has 0 aromatic heterocycles. The number of nitrogens with one attached hydrogen (secondary N) is 4. The minimum Gasteiger partial charge on any atom is -0.480 e. The summed E-state index contributed by atoms with van der Waals surface area (Å²) in [4.78, 5) is 73.5. The van der Waals surface area contributed by atoms with Crippen molar-refractivity contribution in [3.63, 3.8) is 0 Å². The third-order valence-corrected chi connectivity index (χ3v) is 5.99. The fourth-order valence-corrected chi connectivity index (χ4v) is 3.55. The van der Waals surface area contributed by atoms with Crippen LogP contribution in [0.1, 0.15) is 65.2 Å². The summed E-state index contributed by atoms with van der Waals surface area (Å²) in [5.74, 6) is -5.25. The number of rotatable bonds is 21. The Bertz CT molecular complexity index is 857. The molecule has 5 amide bonds. The van der Waals surface area contributed by atoms with Gasteiger partial charge in [-0.05, 0) is 65.5 Å². The zero-order valence-corrected chi connectivity index (χ0v) is 23.2. The first-order valence-electron chi connectivity index (χ1n) is 13.3. The summed E-state index contributed by atoms with van der Waals surface area (Å²) in [6.07, 6.45) is 0.870. The molecule has 0 aliphatic carbocycles. The van der Waals surface area contributed by atoms with Crippen LogP contribution in [0.25, 0.3) is 0 Å². The van der Waals surface area contributed by atoms with Crippen LogP contribution in [0.4, 0.5) is 0 Å². The Labute approximate surface area is 233 Å². The molecule has 0 aliphatic rings. The summed E-state index contributed by atoms with van der Waals surface area (Å²) < 4.78 is 0. The number of unbranched alkanes of at least 4 members (excludes halogenated alkanes) is 2. The summed E-state index contributed by atoms with van der Waals surface area (Å²) in [6.45, 7) is 3.31. The molecule has 0 saturated heterocycles. The molecule has 16 nitrogen and oxygen atoms in total. The van der Waals surface area contributed by atoms with Crippen LogP contribution in [0.2, 0.25) is 0 Å². The number of primary amides is 1. The number of aliphatic carboxylic acids is 1. The quantitative estimate of drug-likeness (QED) is 0.0594. The smallest absolute Gasteiger partial charge is 0.326 e. The Morgan fingerprint density at radius 3 is 1.75 bits per heavy atom. The molecular weight excluding hydrogens is 528 g/mol. The third kappa shape index (κ3) is 14.7. The average molecular weight is 575 g/mol. The van der Waals surface area contributed by atoms with Crippen molar-refractivity contribution in [3.05, 3.63) is 0 Å². The van der Waals surface area contributed by atoms with E-state index in [1.54, 1.807) is 0 Å². The number of hydrogen-bond donors (Lipinski definition) is 10. The predicted octanol–water partition coefficient (Wildman–Crippen LogP) is -3.74. The van der Waals surface area contributed by atoms with Crippen molar-refractivity contribution >= 4 is 35.5 Å². The summed E-state index contributed by atoms with van der Waals surface area (Å²) >= 11 is 0. The lowest BCUT2D eigenvalue weighted by Crippen LogP contribution is -2.60. The largest absolute Gasteiger partial charge is 0.480 e. The maximum absolute atomic E-state index is 12.9. The second-order valence-electron chi connectivity index (χ2n) is 9.60. The molecule has 0 radical (unpaired) electrons. The standard InChI is InChI=1S/C24H46N8O8/c1-13(20(35)32-19(14(2)33)23(38)31-17(24(39)40)8-4-6-12-26)29-22(37)16(9-10-18(28)34)30-21(36)15(27)7-3-5-11-25/h13-17,19,33H,3-12,25-27H2,1-2H3,(H2,28,34)(H,29,37)(H,30,36)(H,31,38)(H,32,35)(H,39,40)/t13-,14+,15-,16-,17-,19-/m0/s1. The third-order valence-electron chi connectivity index (χ3n) is 5.99. The fraction of sp³-hybridized carbons (Fsp3) is 0.750. The van der Waals surface area contributed by atoms with Gasteiger partial charge in [0.15, 0.2) is 0 Å². The Balaban J connectivity index is 5.33. The van der Waals surface area contributed by atoms with Gasteiger partial charge in [0, 0.05) is 6.42 Å². The average Bonchev–Trinajstić information content (AvgIpc) is 2.88. The zero-order chi connectivity index (χ0) is 30.8. The van der Waals surface area contributed by atoms with Crippen LogP contribution < -0.4 is 44.2 Å². The molecule has 0 unspecified atom stereocenters. The monoisotopic (exact) mass is 574 g/mol. The summed E-state index contributed by atoms with van der Waals surface area (Å²) in [5.41, 5.74) is 21.9. The van der Waals surface area contributed by atoms with E-state index in [2.05, 4.69) is 21.3 Å². The molecule has 6 atom stereocenters. The lowest BCUT2D eigenvalue weighted by atomic mass is 10.1. The first kappa shape index (κ1) is 36.7. The maximum atomic E-state index is 12.9. The van der Waals surface area contributed by atoms with Crippen molar-refractivity contribution in [3.8, 4) is 0 Å². The molecule has 14 N–H and O–H groups in total. The molecule has 0 bridgehead atoms. The minimum atomic E-state index is -1.53. The van der Waals surface area contributed by atoms with E-state index in [9.17, 15) is 39.0 Å². The predicted molar refractivity (Wildman–Crippen MR) is 145 cm³/mol. The normalized spacial score (nSPS) is 15.4. The number of aliphatic hydroxyl groups excluding tert-OH is 1. The van der Waals surface area contributed by atoms with Crippen LogP contribution in [0.15, 0.2) is 0 Å². The number of carbonyl (C=O) groups excluding carboxylic acids is 5. The van der Waals surface area contributed by atoms with Gasteiger partial charge in [-0.2, -0.15) is 0 Å². The first-order chi connectivity index (χ1) is 18.7. The van der Waals surface area contributed by atoms with Crippen molar-refractivity contribution in [2.75, 3.05) is 13.1 Å². The van der Waals surface area contributed by atoms with Crippen LogP contribution in [0.3, 0.4) is 0 Å². The molecule has 0 aliphatic heterocycles. The molecule has 0 spiro atoms. The Hall–Kier alpha value is -3.34. The lowest BCUT2D eigenvalue weighted by Gasteiger charge is -2.26. The second kappa shape index (κ2) is 19.7. The molecule has 0 aromatic carbocycles. The van der Waals surface area contributed by atoms with Gasteiger partial charge < -0.3 is 54.4 Å². The number of carboxylic acids is 1. The highest BCUT2D eigenvalue weighted by atomic mass is 16.4. The molecule has 230 valence electrons. The number of aliphatic hydroxyl groups is 1. The molecule has 0 heterocycles. The van der Waals surface area contributed by atoms with E-state index in [1.807, 2.05) is 0 Å². The van der Waals surface area contributed by atoms with Gasteiger partial charge in [0.05, 0.1) is 12.1 Å². The van der Waals surface area contributed by atoms with Crippen LogP contribution in [-0.2, 0) is 28.8 Å². The van der Waals surface area contributed by atoms with Gasteiger partial charge in [-0.1, -0.05) is 6.42 Å². The van der Waals surface area contributed by atoms with Gasteiger partial charge in [-0.25, -0.2) is 4.79 Å². The molecule has 0 aromatic rings. The van der Waals surface area contributed by atoms with E-state index in [-0.39, 0.29) is 19.3 Å². The second-order valence-corrected chi connectivity index (χ2v) is 9.60. The Morgan fingerprint density at radius 2 is 1.25 bits per heavy atom. The van der Waals surface area contributed by atoms with Crippen molar-refractivity contribution < 1.29 is 39.0 Å². The highest BCUT2D eigenvalue weighted by molar-refractivity contribution is 5.95. The van der Waals surface area contributed by atoms with E-state index in [4.69, 9.17) is 22.9 Å². The van der Waals surface area contributed by atoms with Crippen molar-refractivity contribution in [2.24, 2.45) is 22.9 Å². The number of amides is 5. The Morgan fingerprint density at radius 1 is 0.700 bits per heavy atom. The zero-order valence-electron chi connectivity index (χ0n) is 23.2. The molecule has 0 fully saturated rings. The van der Waals surface area contributed by atoms with E-state index in [1.165, 1.54) is 13.8 Å². The fourth-order valence-electron chi connectivity index (χ4n) is 3.55. The number of hydrogen-bond acceptors (Lipinski definition) is 10. The first-order valence-corrected chi connectivity index (χ1v) is 13.3. The summed E-state index contributed by atoms with van der Waals surface area (Å²) in [6, 6.07) is -6.21. The van der Waals surface area contributed by atoms with E-state index in [0.717, 1.165) is 0 Å². The van der Waals surface area contributed by atoms with Crippen LogP contribution in [0.5, 0.6) is 0 Å². The minimum absolute atomic E-state index is 0.0975. The highest BCUT2D eigenvalue weighted by Crippen LogP contribution is 2.05. The molecule has 0 saturated carbocycles. The van der Waals surface area contributed by atoms with Crippen LogP contribution in [-0.4, -0.2) is 95.1 Å². The van der Waals surface area contributed by atoms with Crippen LogP contribution in [0, 0.1) is 0 Å². The summed E-state index contributed by atoms with van der Waals surface area (Å²) in [5, 5.41) is 28.9. The number of carbonyl (C=O) groups is 6. The molecule has 40 heavy (non-hydrogen) atoms. The van der Waals surface area contributed by atoms with E-state index in [0.29, 0.717) is 45.2 Å². The summed E-state index contributed by atoms with van der Waals surface area (Å²) in [7, 11) is 0. The molecule has 0 rings (SSSR count). The molecule has 16 heteroatoms. The van der Waals surface area contributed by atoms with Crippen molar-refractivity contribution in [1.29, 1.82) is 0 Å². The van der Waals surface area contributed by atoms with Gasteiger partial charge >= 0.3 is 5.97 Å². The van der Waals surface area contributed by atoms with E-state index >= 15 is 0 Å². The van der Waals surface area contributed by atoms with E-state index < -0.39 is 71.8 Å². The van der Waals surface area contributed by atoms with Crippen molar-refractivity contribution in [2.45, 2.75) is 102 Å². The van der Waals surface area contributed by atoms with Crippen molar-refractivity contribution in [1.82, 2.24) is 21.3 Å². The van der Waals surface area contributed by atoms with Gasteiger partial charge in [-0.3, -0.25) is 24.0 Å². The van der Waals surface area contributed by atoms with Gasteiger partial charge in [-0.15, -0.1) is 0 Å². The van der Waals surface area contributed by atoms with Crippen LogP contribution >= 0.6 is 0 Å². The van der Waals surface area contributed by atoms with Gasteiger partial charge in [0.1, 0.15) is 24.2 Å². The van der Waals surface area contributed by atoms with Gasteiger partial charge in [0.2, 0.25) is 29.5 Å². The topological polar surface area (TPSA) is 295 Å². The van der Waals surface area contributed by atoms with Gasteiger partial charge in [0.25, 0.3) is 0 Å². The highest BCUT2D eigenvalue weighted by Gasteiger charge is 2.32. The Kier molecular flexibility index (Phi) is 18.0. The number of carboxylic acid groups (broad SMARTS) is 1. The maximum Gasteiger partial charge on any atom is 0.326 e.